The van der Waals surface area contributed by atoms with Crippen LogP contribution in [0.4, 0.5) is 0 Å². The Hall–Kier alpha value is -2.18. The normalized spacial score (nSPS) is 9.61. The highest BCUT2D eigenvalue weighted by Crippen LogP contribution is 2.29. The van der Waals surface area contributed by atoms with Crippen molar-refractivity contribution in [3.63, 3.8) is 0 Å². The molecule has 4 heteroatoms. The molecule has 0 atom stereocenters. The molecular weight excluding hydrogens is 250 g/mol. The average Bonchev–Trinajstić information content (AvgIpc) is 2.41. The molecule has 0 amide bonds. The first-order chi connectivity index (χ1) is 8.72. The molecule has 90 valence electrons. The average molecular weight is 260 g/mol. The van der Waals surface area contributed by atoms with Gasteiger partial charge in [0.15, 0.2) is 0 Å². The fourth-order valence-electron chi connectivity index (χ4n) is 1.47. The largest absolute Gasteiger partial charge is 0.497 e. The monoisotopic (exact) mass is 259 g/mol. The number of nitriles is 1. The van der Waals surface area contributed by atoms with Gasteiger partial charge in [-0.15, -0.1) is 0 Å². The number of rotatable bonds is 3. The van der Waals surface area contributed by atoms with Crippen LogP contribution in [0, 0.1) is 11.3 Å². The Balaban J connectivity index is 2.31. The zero-order valence-electron chi connectivity index (χ0n) is 9.68. The summed E-state index contributed by atoms with van der Waals surface area (Å²) < 4.78 is 10.7. The van der Waals surface area contributed by atoms with Gasteiger partial charge < -0.3 is 9.47 Å². The van der Waals surface area contributed by atoms with Gasteiger partial charge in [-0.25, -0.2) is 0 Å². The van der Waals surface area contributed by atoms with Gasteiger partial charge in [0, 0.05) is 11.1 Å². The van der Waals surface area contributed by atoms with Gasteiger partial charge in [0.25, 0.3) is 0 Å². The highest BCUT2D eigenvalue weighted by molar-refractivity contribution is 6.30. The van der Waals surface area contributed by atoms with E-state index >= 15 is 0 Å². The highest BCUT2D eigenvalue weighted by Gasteiger charge is 2.06. The predicted molar refractivity (Wildman–Crippen MR) is 69.2 cm³/mol. The molecule has 0 aliphatic carbocycles. The molecule has 0 fully saturated rings. The third-order valence-electron chi connectivity index (χ3n) is 2.33. The molecule has 2 aromatic rings. The quantitative estimate of drug-likeness (QED) is 0.836. The lowest BCUT2D eigenvalue weighted by Gasteiger charge is -2.08. The van der Waals surface area contributed by atoms with Gasteiger partial charge >= 0.3 is 0 Å². The molecule has 0 radical (unpaired) electrons. The summed E-state index contributed by atoms with van der Waals surface area (Å²) >= 11 is 5.82. The Labute approximate surface area is 110 Å². The summed E-state index contributed by atoms with van der Waals surface area (Å²) in [6.45, 7) is 0. The first-order valence-corrected chi connectivity index (χ1v) is 5.62. The van der Waals surface area contributed by atoms with Crippen molar-refractivity contribution in [1.82, 2.24) is 0 Å². The van der Waals surface area contributed by atoms with Crippen LogP contribution in [0.15, 0.2) is 42.5 Å². The molecular formula is C14H10ClNO2. The van der Waals surface area contributed by atoms with E-state index in [1.54, 1.807) is 37.4 Å². The number of benzene rings is 2. The van der Waals surface area contributed by atoms with Crippen LogP contribution in [0.5, 0.6) is 17.2 Å². The zero-order valence-corrected chi connectivity index (χ0v) is 10.4. The molecule has 0 spiro atoms. The first-order valence-electron chi connectivity index (χ1n) is 5.24. The van der Waals surface area contributed by atoms with E-state index in [2.05, 4.69) is 0 Å². The molecule has 0 aromatic heterocycles. The van der Waals surface area contributed by atoms with Crippen molar-refractivity contribution in [1.29, 1.82) is 5.26 Å². The zero-order chi connectivity index (χ0) is 13.0. The fraction of sp³-hybridized carbons (Fsp3) is 0.0714. The van der Waals surface area contributed by atoms with Gasteiger partial charge in [0.2, 0.25) is 0 Å². The molecule has 18 heavy (non-hydrogen) atoms. The molecule has 0 N–H and O–H groups in total. The Kier molecular flexibility index (Phi) is 3.71. The van der Waals surface area contributed by atoms with E-state index in [-0.39, 0.29) is 0 Å². The number of nitrogens with zero attached hydrogens (tertiary/aromatic N) is 1. The van der Waals surface area contributed by atoms with Gasteiger partial charge in [-0.05, 0) is 30.3 Å². The van der Waals surface area contributed by atoms with E-state index < -0.39 is 0 Å². The van der Waals surface area contributed by atoms with Crippen LogP contribution in [0.1, 0.15) is 5.56 Å². The molecule has 0 saturated carbocycles. The lowest BCUT2D eigenvalue weighted by atomic mass is 10.2. The molecule has 0 saturated heterocycles. The number of methoxy groups -OCH3 is 1. The second-order valence-corrected chi connectivity index (χ2v) is 3.97. The second-order valence-electron chi connectivity index (χ2n) is 3.53. The summed E-state index contributed by atoms with van der Waals surface area (Å²) in [5, 5.41) is 9.51. The highest BCUT2D eigenvalue weighted by atomic mass is 35.5. The fourth-order valence-corrected chi connectivity index (χ4v) is 1.64. The molecule has 2 aromatic carbocycles. The summed E-state index contributed by atoms with van der Waals surface area (Å²) in [5.74, 6) is 1.77. The van der Waals surface area contributed by atoms with Crippen molar-refractivity contribution >= 4 is 11.6 Å². The van der Waals surface area contributed by atoms with Crippen LogP contribution in [0.2, 0.25) is 5.02 Å². The minimum absolute atomic E-state index is 0.394. The molecule has 2 rings (SSSR count). The van der Waals surface area contributed by atoms with E-state index in [1.807, 2.05) is 18.2 Å². The topological polar surface area (TPSA) is 42.2 Å². The Morgan fingerprint density at radius 2 is 1.89 bits per heavy atom. The van der Waals surface area contributed by atoms with Crippen molar-refractivity contribution in [2.24, 2.45) is 0 Å². The maximum Gasteiger partial charge on any atom is 0.145 e. The predicted octanol–water partition coefficient (Wildman–Crippen LogP) is 4.01. The smallest absolute Gasteiger partial charge is 0.145 e. The van der Waals surface area contributed by atoms with Crippen molar-refractivity contribution in [3.8, 4) is 23.3 Å². The second kappa shape index (κ2) is 5.44. The summed E-state index contributed by atoms with van der Waals surface area (Å²) in [6, 6.07) is 14.1. The number of hydrogen-bond donors (Lipinski definition) is 0. The SMILES string of the molecule is COc1cccc(Oc2ccc(Cl)cc2C#N)c1. The van der Waals surface area contributed by atoms with Crippen LogP contribution in [-0.2, 0) is 0 Å². The third kappa shape index (κ3) is 2.73. The molecule has 0 aliphatic heterocycles. The van der Waals surface area contributed by atoms with E-state index in [0.717, 1.165) is 0 Å². The van der Waals surface area contributed by atoms with Gasteiger partial charge in [-0.3, -0.25) is 0 Å². The standard InChI is InChI=1S/C14H10ClNO2/c1-17-12-3-2-4-13(8-12)18-14-6-5-11(15)7-10(14)9-16/h2-8H,1H3. The Morgan fingerprint density at radius 3 is 2.61 bits per heavy atom. The van der Waals surface area contributed by atoms with Crippen molar-refractivity contribution in [3.05, 3.63) is 53.1 Å². The van der Waals surface area contributed by atoms with Crippen molar-refractivity contribution in [2.45, 2.75) is 0 Å². The summed E-state index contributed by atoms with van der Waals surface area (Å²) in [6.07, 6.45) is 0. The molecule has 3 nitrogen and oxygen atoms in total. The van der Waals surface area contributed by atoms with Crippen LogP contribution in [0.3, 0.4) is 0 Å². The van der Waals surface area contributed by atoms with E-state index in [9.17, 15) is 0 Å². The molecule has 0 unspecified atom stereocenters. The minimum Gasteiger partial charge on any atom is -0.497 e. The van der Waals surface area contributed by atoms with Crippen LogP contribution in [0.25, 0.3) is 0 Å². The van der Waals surface area contributed by atoms with E-state index in [0.29, 0.717) is 27.8 Å². The van der Waals surface area contributed by atoms with Crippen LogP contribution < -0.4 is 9.47 Å². The van der Waals surface area contributed by atoms with Gasteiger partial charge in [0.1, 0.15) is 23.3 Å². The lowest BCUT2D eigenvalue weighted by Crippen LogP contribution is -1.89. The maximum absolute atomic E-state index is 9.01. The van der Waals surface area contributed by atoms with Crippen molar-refractivity contribution < 1.29 is 9.47 Å². The first kappa shape index (κ1) is 12.3. The number of hydrogen-bond acceptors (Lipinski definition) is 3. The van der Waals surface area contributed by atoms with Crippen molar-refractivity contribution in [2.75, 3.05) is 7.11 Å². The minimum atomic E-state index is 0.394. The van der Waals surface area contributed by atoms with Gasteiger partial charge in [-0.1, -0.05) is 17.7 Å². The van der Waals surface area contributed by atoms with Gasteiger partial charge in [-0.2, -0.15) is 5.26 Å². The van der Waals surface area contributed by atoms with Gasteiger partial charge in [0.05, 0.1) is 12.7 Å². The number of halogens is 1. The Morgan fingerprint density at radius 1 is 1.11 bits per heavy atom. The summed E-state index contributed by atoms with van der Waals surface area (Å²) in [4.78, 5) is 0. The van der Waals surface area contributed by atoms with E-state index in [1.165, 1.54) is 0 Å². The van der Waals surface area contributed by atoms with E-state index in [4.69, 9.17) is 26.3 Å². The van der Waals surface area contributed by atoms with Crippen LogP contribution >= 0.6 is 11.6 Å². The summed E-state index contributed by atoms with van der Waals surface area (Å²) in [7, 11) is 1.59. The summed E-state index contributed by atoms with van der Waals surface area (Å²) in [5.41, 5.74) is 0.394. The molecule has 0 bridgehead atoms. The molecule has 0 heterocycles. The molecule has 0 aliphatic rings. The number of ether oxygens (including phenoxy) is 2. The van der Waals surface area contributed by atoms with Crippen LogP contribution in [-0.4, -0.2) is 7.11 Å². The maximum atomic E-state index is 9.01. The lowest BCUT2D eigenvalue weighted by molar-refractivity contribution is 0.409. The Bertz CT molecular complexity index is 605. The third-order valence-corrected chi connectivity index (χ3v) is 2.57.